The molecule has 0 bridgehead atoms. The molecule has 2 aromatic carbocycles. The predicted octanol–water partition coefficient (Wildman–Crippen LogP) is 4.17. The highest BCUT2D eigenvalue weighted by Crippen LogP contribution is 2.39. The Hall–Kier alpha value is -4.60. The number of ether oxygens (including phenoxy) is 2. The minimum atomic E-state index is -3.62. The summed E-state index contributed by atoms with van der Waals surface area (Å²) in [5, 5.41) is 6.28. The molecule has 15 heteroatoms. The zero-order valence-corrected chi connectivity index (χ0v) is 29.2. The number of amides is 1. The molecule has 1 amide bonds. The van der Waals surface area contributed by atoms with Crippen molar-refractivity contribution in [1.82, 2.24) is 24.8 Å². The third kappa shape index (κ3) is 8.27. The zero-order valence-electron chi connectivity index (χ0n) is 28.4. The summed E-state index contributed by atoms with van der Waals surface area (Å²) in [6.45, 7) is 12.9. The van der Waals surface area contributed by atoms with E-state index in [1.807, 2.05) is 33.8 Å². The van der Waals surface area contributed by atoms with Crippen molar-refractivity contribution in [2.45, 2.75) is 33.1 Å². The maximum atomic E-state index is 13.7. The number of hydrogen-bond acceptors (Lipinski definition) is 12. The number of methoxy groups -OCH3 is 2. The second-order valence-corrected chi connectivity index (χ2v) is 14.5. The molecule has 0 saturated carbocycles. The highest BCUT2D eigenvalue weighted by Gasteiger charge is 2.23. The number of hydrogen-bond donors (Lipinski definition) is 3. The molecule has 0 radical (unpaired) electrons. The largest absolute Gasteiger partial charge is 0.492 e. The van der Waals surface area contributed by atoms with Gasteiger partial charge in [0.2, 0.25) is 16.0 Å². The number of aromatic nitrogens is 4. The van der Waals surface area contributed by atoms with E-state index >= 15 is 0 Å². The number of carbonyl (C=O) groups is 1. The molecular formula is C33H43N9O5S. The summed E-state index contributed by atoms with van der Waals surface area (Å²) in [5.41, 5.74) is 4.09. The van der Waals surface area contributed by atoms with Crippen molar-refractivity contribution in [3.8, 4) is 5.75 Å². The molecule has 0 spiro atoms. The van der Waals surface area contributed by atoms with Crippen LogP contribution in [0.5, 0.6) is 5.75 Å². The van der Waals surface area contributed by atoms with E-state index in [0.717, 1.165) is 50.1 Å². The first-order chi connectivity index (χ1) is 22.8. The molecule has 1 aliphatic rings. The van der Waals surface area contributed by atoms with E-state index in [4.69, 9.17) is 14.5 Å². The van der Waals surface area contributed by atoms with Crippen molar-refractivity contribution in [2.75, 3.05) is 80.1 Å². The number of benzene rings is 2. The van der Waals surface area contributed by atoms with Gasteiger partial charge in [0.1, 0.15) is 17.4 Å². The van der Waals surface area contributed by atoms with E-state index in [1.165, 1.54) is 13.4 Å². The number of nitrogens with one attached hydrogen (secondary N) is 3. The Kier molecular flexibility index (Phi) is 10.3. The lowest BCUT2D eigenvalue weighted by molar-refractivity contribution is 0.102. The fraction of sp³-hybridized carbons (Fsp3) is 0.424. The predicted molar refractivity (Wildman–Crippen MR) is 188 cm³/mol. The Morgan fingerprint density at radius 3 is 2.38 bits per heavy atom. The molecule has 0 aliphatic carbocycles. The van der Waals surface area contributed by atoms with Gasteiger partial charge in [0, 0.05) is 51.1 Å². The van der Waals surface area contributed by atoms with Gasteiger partial charge in [-0.1, -0.05) is 26.8 Å². The van der Waals surface area contributed by atoms with Crippen LogP contribution in [0.1, 0.15) is 42.3 Å². The van der Waals surface area contributed by atoms with Crippen LogP contribution in [0.2, 0.25) is 0 Å². The Morgan fingerprint density at radius 1 is 0.979 bits per heavy atom. The number of anilines is 5. The fourth-order valence-electron chi connectivity index (χ4n) is 5.35. The van der Waals surface area contributed by atoms with E-state index in [-0.39, 0.29) is 16.9 Å². The Balaban J connectivity index is 1.41. The van der Waals surface area contributed by atoms with Crippen LogP contribution in [-0.2, 0) is 20.2 Å². The smallest absolute Gasteiger partial charge is 0.255 e. The van der Waals surface area contributed by atoms with Crippen LogP contribution in [0.4, 0.5) is 28.8 Å². The second kappa shape index (κ2) is 14.3. The molecule has 3 N–H and O–H groups in total. The Bertz CT molecular complexity index is 1910. The summed E-state index contributed by atoms with van der Waals surface area (Å²) in [4.78, 5) is 36.4. The summed E-state index contributed by atoms with van der Waals surface area (Å²) in [6.07, 6.45) is 4.21. The summed E-state index contributed by atoms with van der Waals surface area (Å²) >= 11 is 0. The van der Waals surface area contributed by atoms with E-state index in [2.05, 4.69) is 40.1 Å². The normalized spacial score (nSPS) is 14.2. The van der Waals surface area contributed by atoms with Crippen LogP contribution in [0.25, 0.3) is 11.0 Å². The highest BCUT2D eigenvalue weighted by atomic mass is 32.2. The first-order valence-corrected chi connectivity index (χ1v) is 17.5. The number of nitrogens with zero attached hydrogens (tertiary/aromatic N) is 6. The van der Waals surface area contributed by atoms with Crippen LogP contribution in [0, 0.1) is 6.92 Å². The molecular weight excluding hydrogens is 634 g/mol. The lowest BCUT2D eigenvalue weighted by Crippen LogP contribution is -2.47. The van der Waals surface area contributed by atoms with Crippen molar-refractivity contribution in [1.29, 1.82) is 0 Å². The maximum absolute atomic E-state index is 13.7. The Labute approximate surface area is 281 Å². The van der Waals surface area contributed by atoms with Gasteiger partial charge in [-0.15, -0.1) is 0 Å². The zero-order chi connectivity index (χ0) is 34.6. The lowest BCUT2D eigenvalue weighted by Gasteiger charge is -2.34. The molecule has 1 saturated heterocycles. The SMILES string of the molecule is COCCN1CCN(c2ncc3ncnc(Nc4cc(C(=O)Nc5cc(C(C)(C)C)cc(NS(C)(=O)=O)c5OC)ccc4C)c3n2)CC1. The van der Waals surface area contributed by atoms with Gasteiger partial charge in [0.15, 0.2) is 11.6 Å². The Morgan fingerprint density at radius 2 is 1.71 bits per heavy atom. The summed E-state index contributed by atoms with van der Waals surface area (Å²) in [6, 6.07) is 8.80. The van der Waals surface area contributed by atoms with E-state index in [1.54, 1.807) is 37.6 Å². The standard InChI is InChI=1S/C33H43N9O5S/c1-21-8-9-22(31(43)38-25-17-23(33(2,3)4)18-26(29(25)47-6)40-48(7,44)45)16-24(21)37-30-28-27(35-20-36-30)19-34-32(39-28)42-12-10-41(11-13-42)14-15-46-5/h8-9,16-20,40H,10-15H2,1-7H3,(H,38,43)(H,35,36,37). The summed E-state index contributed by atoms with van der Waals surface area (Å²) in [5.74, 6) is 0.882. The van der Waals surface area contributed by atoms with Crippen molar-refractivity contribution in [3.05, 3.63) is 59.5 Å². The molecule has 2 aromatic heterocycles. The summed E-state index contributed by atoms with van der Waals surface area (Å²) in [7, 11) is -0.485. The molecule has 1 fully saturated rings. The number of fused-ring (bicyclic) bond motifs is 1. The number of aryl methyl sites for hydroxylation is 1. The van der Waals surface area contributed by atoms with Gasteiger partial charge in [0.05, 0.1) is 37.5 Å². The third-order valence-electron chi connectivity index (χ3n) is 8.09. The third-order valence-corrected chi connectivity index (χ3v) is 8.68. The molecule has 1 aliphatic heterocycles. The van der Waals surface area contributed by atoms with E-state index < -0.39 is 15.9 Å². The molecule has 3 heterocycles. The van der Waals surface area contributed by atoms with Gasteiger partial charge < -0.3 is 25.0 Å². The maximum Gasteiger partial charge on any atom is 0.255 e. The number of rotatable bonds is 11. The molecule has 5 rings (SSSR count). The van der Waals surface area contributed by atoms with Gasteiger partial charge in [-0.25, -0.2) is 28.4 Å². The van der Waals surface area contributed by atoms with Gasteiger partial charge in [-0.3, -0.25) is 14.4 Å². The minimum Gasteiger partial charge on any atom is -0.492 e. The number of carbonyl (C=O) groups excluding carboxylic acids is 1. The van der Waals surface area contributed by atoms with E-state index in [9.17, 15) is 13.2 Å². The average Bonchev–Trinajstić information content (AvgIpc) is 3.03. The monoisotopic (exact) mass is 677 g/mol. The topological polar surface area (TPSA) is 164 Å². The lowest BCUT2D eigenvalue weighted by atomic mass is 9.86. The molecule has 0 atom stereocenters. The molecule has 0 unspecified atom stereocenters. The molecule has 256 valence electrons. The van der Waals surface area contributed by atoms with Crippen molar-refractivity contribution in [2.24, 2.45) is 0 Å². The van der Waals surface area contributed by atoms with Crippen molar-refractivity contribution >= 4 is 55.8 Å². The molecule has 14 nitrogen and oxygen atoms in total. The van der Waals surface area contributed by atoms with Gasteiger partial charge >= 0.3 is 0 Å². The number of piperazine rings is 1. The van der Waals surface area contributed by atoms with Gasteiger partial charge in [0.25, 0.3) is 5.91 Å². The first kappa shape index (κ1) is 34.7. The average molecular weight is 678 g/mol. The van der Waals surface area contributed by atoms with Gasteiger partial charge in [-0.2, -0.15) is 0 Å². The van der Waals surface area contributed by atoms with Crippen LogP contribution < -0.4 is 25.0 Å². The van der Waals surface area contributed by atoms with Gasteiger partial charge in [-0.05, 0) is 47.7 Å². The van der Waals surface area contributed by atoms with E-state index in [0.29, 0.717) is 46.3 Å². The van der Waals surface area contributed by atoms with Crippen LogP contribution in [0.15, 0.2) is 42.9 Å². The highest BCUT2D eigenvalue weighted by molar-refractivity contribution is 7.92. The van der Waals surface area contributed by atoms with Crippen molar-refractivity contribution in [3.63, 3.8) is 0 Å². The molecule has 48 heavy (non-hydrogen) atoms. The van der Waals surface area contributed by atoms with Crippen LogP contribution >= 0.6 is 0 Å². The van der Waals surface area contributed by atoms with Crippen molar-refractivity contribution < 1.29 is 22.7 Å². The minimum absolute atomic E-state index is 0.201. The number of sulfonamides is 1. The first-order valence-electron chi connectivity index (χ1n) is 15.6. The fourth-order valence-corrected chi connectivity index (χ4v) is 5.90. The van der Waals surface area contributed by atoms with Crippen LogP contribution in [0.3, 0.4) is 0 Å². The van der Waals surface area contributed by atoms with Crippen LogP contribution in [-0.4, -0.2) is 99.0 Å². The summed E-state index contributed by atoms with van der Waals surface area (Å²) < 4.78 is 37.6. The second-order valence-electron chi connectivity index (χ2n) is 12.8. The quantitative estimate of drug-likeness (QED) is 0.208. The molecule has 4 aromatic rings.